The summed E-state index contributed by atoms with van der Waals surface area (Å²) in [4.78, 5) is 17.7. The van der Waals surface area contributed by atoms with E-state index in [0.29, 0.717) is 0 Å². The molecule has 0 fully saturated rings. The second-order valence-electron chi connectivity index (χ2n) is 12.3. The zero-order valence-corrected chi connectivity index (χ0v) is 26.6. The van der Waals surface area contributed by atoms with Gasteiger partial charge in [-0.2, -0.15) is 0 Å². The first-order valence-corrected chi connectivity index (χ1v) is 16.4. The van der Waals surface area contributed by atoms with Crippen LogP contribution in [0.2, 0.25) is 0 Å². The number of benzene rings is 4. The van der Waals surface area contributed by atoms with Gasteiger partial charge < -0.3 is 8.83 Å². The van der Waals surface area contributed by atoms with Crippen LogP contribution in [0, 0.1) is 0 Å². The van der Waals surface area contributed by atoms with Gasteiger partial charge in [-0.05, 0) is 105 Å². The third-order valence-electron chi connectivity index (χ3n) is 9.45. The van der Waals surface area contributed by atoms with Gasteiger partial charge in [-0.3, -0.25) is 19.9 Å². The van der Waals surface area contributed by atoms with Crippen molar-refractivity contribution in [2.24, 2.45) is 0 Å². The summed E-state index contributed by atoms with van der Waals surface area (Å²) < 4.78 is 12.8. The molecule has 0 saturated heterocycles. The summed E-state index contributed by atoms with van der Waals surface area (Å²) in [7, 11) is 0. The maximum Gasteiger partial charge on any atom is 0.161 e. The van der Waals surface area contributed by atoms with E-state index in [0.717, 1.165) is 99.8 Å². The summed E-state index contributed by atoms with van der Waals surface area (Å²) in [6.45, 7) is 0. The fourth-order valence-electron chi connectivity index (χ4n) is 6.90. The Bertz CT molecular complexity index is 2640. The lowest BCUT2D eigenvalue weighted by Crippen LogP contribution is -1.84. The van der Waals surface area contributed by atoms with Gasteiger partial charge in [0.25, 0.3) is 0 Å². The topological polar surface area (TPSA) is 77.8 Å². The SMILES string of the molecule is c1cc(-c2ccc3oc4c(-c5ccc(-c6ccc(-c7ccnc8c7oc7ccc(-c9ccncc9)cc78)cc6)cc5)ccnc4c3c2)ccn1. The van der Waals surface area contributed by atoms with Gasteiger partial charge in [0.2, 0.25) is 0 Å². The van der Waals surface area contributed by atoms with Crippen molar-refractivity contribution >= 4 is 44.1 Å². The molecule has 6 heterocycles. The monoisotopic (exact) mass is 642 g/mol. The van der Waals surface area contributed by atoms with Crippen molar-refractivity contribution in [2.75, 3.05) is 0 Å². The average molecular weight is 643 g/mol. The van der Waals surface area contributed by atoms with Crippen LogP contribution < -0.4 is 0 Å². The number of hydrogen-bond acceptors (Lipinski definition) is 6. The van der Waals surface area contributed by atoms with E-state index in [-0.39, 0.29) is 0 Å². The first-order chi connectivity index (χ1) is 24.8. The maximum absolute atomic E-state index is 6.39. The van der Waals surface area contributed by atoms with Gasteiger partial charge in [-0.15, -0.1) is 0 Å². The van der Waals surface area contributed by atoms with Crippen LogP contribution in [-0.2, 0) is 0 Å². The number of hydrogen-bond donors (Lipinski definition) is 0. The molecule has 0 radical (unpaired) electrons. The molecule has 0 unspecified atom stereocenters. The van der Waals surface area contributed by atoms with Crippen LogP contribution in [0.4, 0.5) is 0 Å². The summed E-state index contributed by atoms with van der Waals surface area (Å²) >= 11 is 0. The lowest BCUT2D eigenvalue weighted by Gasteiger charge is -2.07. The smallest absolute Gasteiger partial charge is 0.161 e. The van der Waals surface area contributed by atoms with Crippen LogP contribution in [0.1, 0.15) is 0 Å². The minimum Gasteiger partial charge on any atom is -0.454 e. The highest BCUT2D eigenvalue weighted by molar-refractivity contribution is 6.09. The molecule has 4 aromatic carbocycles. The standard InChI is InChI=1S/C44H26N4O2/c1-5-31(35-17-23-47-41-37-25-33(29-13-19-45-20-14-29)9-11-39(37)49-43(35)41)6-2-27(1)28-3-7-32(8-4-28)36-18-24-48-42-38-26-34(30-15-21-46-22-16-30)10-12-40(38)50-44(36)42/h1-26H. The second kappa shape index (κ2) is 11.4. The Balaban J connectivity index is 0.958. The van der Waals surface area contributed by atoms with E-state index in [1.54, 1.807) is 0 Å². The van der Waals surface area contributed by atoms with Gasteiger partial charge in [0.15, 0.2) is 11.2 Å². The van der Waals surface area contributed by atoms with Crippen molar-refractivity contribution in [1.82, 2.24) is 19.9 Å². The average Bonchev–Trinajstić information content (AvgIpc) is 3.77. The fraction of sp³-hybridized carbons (Fsp3) is 0. The molecule has 6 heteroatoms. The Kier molecular flexibility index (Phi) is 6.39. The van der Waals surface area contributed by atoms with Crippen molar-refractivity contribution in [3.8, 4) is 55.6 Å². The molecule has 0 spiro atoms. The van der Waals surface area contributed by atoms with Gasteiger partial charge in [0.1, 0.15) is 22.2 Å². The normalized spacial score (nSPS) is 11.6. The number of aromatic nitrogens is 4. The molecular weight excluding hydrogens is 617 g/mol. The van der Waals surface area contributed by atoms with Crippen molar-refractivity contribution in [3.63, 3.8) is 0 Å². The molecule has 0 N–H and O–H groups in total. The first kappa shape index (κ1) is 28.1. The zero-order chi connectivity index (χ0) is 33.0. The highest BCUT2D eigenvalue weighted by Gasteiger charge is 2.16. The summed E-state index contributed by atoms with van der Waals surface area (Å²) in [6, 6.07) is 41.8. The first-order valence-electron chi connectivity index (χ1n) is 16.4. The molecule has 10 rings (SSSR count). The van der Waals surface area contributed by atoms with Crippen LogP contribution in [0.15, 0.2) is 167 Å². The van der Waals surface area contributed by atoms with E-state index in [1.165, 1.54) is 0 Å². The number of nitrogens with zero attached hydrogens (tertiary/aromatic N) is 4. The van der Waals surface area contributed by atoms with Crippen LogP contribution in [0.3, 0.4) is 0 Å². The van der Waals surface area contributed by atoms with E-state index in [1.807, 2.05) is 85.7 Å². The van der Waals surface area contributed by atoms with Gasteiger partial charge in [0.05, 0.1) is 0 Å². The zero-order valence-electron chi connectivity index (χ0n) is 26.6. The van der Waals surface area contributed by atoms with E-state index in [9.17, 15) is 0 Å². The molecule has 0 aliphatic heterocycles. The molecule has 0 aliphatic carbocycles. The third-order valence-corrected chi connectivity index (χ3v) is 9.45. The molecule has 6 aromatic heterocycles. The molecule has 6 nitrogen and oxygen atoms in total. The van der Waals surface area contributed by atoms with Gasteiger partial charge in [-0.1, -0.05) is 60.7 Å². The number of fused-ring (bicyclic) bond motifs is 6. The molecule has 0 aliphatic rings. The predicted molar refractivity (Wildman–Crippen MR) is 199 cm³/mol. The van der Waals surface area contributed by atoms with E-state index < -0.39 is 0 Å². The van der Waals surface area contributed by atoms with Crippen LogP contribution in [0.25, 0.3) is 99.8 Å². The highest BCUT2D eigenvalue weighted by Crippen LogP contribution is 2.39. The number of rotatable bonds is 5. The summed E-state index contributed by atoms with van der Waals surface area (Å²) in [6.07, 6.45) is 10.9. The van der Waals surface area contributed by atoms with Crippen LogP contribution in [-0.4, -0.2) is 19.9 Å². The Morgan fingerprint density at radius 3 is 1.10 bits per heavy atom. The van der Waals surface area contributed by atoms with Gasteiger partial charge in [0, 0.05) is 59.1 Å². The molecule has 0 amide bonds. The van der Waals surface area contributed by atoms with Crippen molar-refractivity contribution < 1.29 is 8.83 Å². The lowest BCUT2D eigenvalue weighted by atomic mass is 9.98. The van der Waals surface area contributed by atoms with Gasteiger partial charge in [-0.25, -0.2) is 0 Å². The molecular formula is C44H26N4O2. The summed E-state index contributed by atoms with van der Waals surface area (Å²) in [5.74, 6) is 0. The van der Waals surface area contributed by atoms with Crippen LogP contribution >= 0.6 is 0 Å². The number of pyridine rings is 4. The molecule has 0 saturated carbocycles. The second-order valence-corrected chi connectivity index (χ2v) is 12.3. The van der Waals surface area contributed by atoms with Crippen molar-refractivity contribution in [3.05, 3.63) is 159 Å². The van der Waals surface area contributed by atoms with Crippen molar-refractivity contribution in [1.29, 1.82) is 0 Å². The van der Waals surface area contributed by atoms with Crippen molar-refractivity contribution in [2.45, 2.75) is 0 Å². The number of furan rings is 2. The van der Waals surface area contributed by atoms with E-state index in [4.69, 9.17) is 18.8 Å². The van der Waals surface area contributed by atoms with E-state index >= 15 is 0 Å². The highest BCUT2D eigenvalue weighted by atomic mass is 16.3. The molecule has 0 atom stereocenters. The minimum absolute atomic E-state index is 0.786. The quantitative estimate of drug-likeness (QED) is 0.186. The Morgan fingerprint density at radius 2 is 0.680 bits per heavy atom. The molecule has 234 valence electrons. The van der Waals surface area contributed by atoms with Crippen LogP contribution in [0.5, 0.6) is 0 Å². The molecule has 10 aromatic rings. The predicted octanol–water partition coefficient (Wildman–Crippen LogP) is 11.4. The third kappa shape index (κ3) is 4.65. The molecule has 0 bridgehead atoms. The molecule has 50 heavy (non-hydrogen) atoms. The largest absolute Gasteiger partial charge is 0.454 e. The summed E-state index contributed by atoms with van der Waals surface area (Å²) in [5, 5.41) is 1.99. The Hall–Kier alpha value is -6.92. The van der Waals surface area contributed by atoms with Gasteiger partial charge >= 0.3 is 0 Å². The fourth-order valence-corrected chi connectivity index (χ4v) is 6.90. The minimum atomic E-state index is 0.786. The maximum atomic E-state index is 6.39. The lowest BCUT2D eigenvalue weighted by molar-refractivity contribution is 0.669. The summed E-state index contributed by atoms with van der Waals surface area (Å²) in [5.41, 5.74) is 15.8. The Labute approximate surface area is 286 Å². The van der Waals surface area contributed by atoms with E-state index in [2.05, 4.69) is 82.8 Å². The Morgan fingerprint density at radius 1 is 0.320 bits per heavy atom.